The van der Waals surface area contributed by atoms with Crippen LogP contribution in [0.25, 0.3) is 11.3 Å². The maximum Gasteiger partial charge on any atom is 0.358 e. The maximum atomic E-state index is 12.3. The number of non-ortho nitro benzene ring substituents is 1. The Morgan fingerprint density at radius 1 is 1.38 bits per heavy atom. The Morgan fingerprint density at radius 3 is 2.57 bits per heavy atom. The van der Waals surface area contributed by atoms with Gasteiger partial charge in [0.05, 0.1) is 11.6 Å². The van der Waals surface area contributed by atoms with Crippen LogP contribution in [0.1, 0.15) is 16.9 Å². The van der Waals surface area contributed by atoms with E-state index in [1.807, 2.05) is 0 Å². The first kappa shape index (κ1) is 14.6. The van der Waals surface area contributed by atoms with E-state index >= 15 is 0 Å². The molecule has 8 nitrogen and oxygen atoms in total. The third kappa shape index (κ3) is 3.02. The summed E-state index contributed by atoms with van der Waals surface area (Å²) in [6, 6.07) is 5.34. The summed E-state index contributed by atoms with van der Waals surface area (Å²) in [5.41, 5.74) is 0.230. The Kier molecular flexibility index (Phi) is 4.21. The van der Waals surface area contributed by atoms with Gasteiger partial charge in [0.25, 0.3) is 5.69 Å². The highest BCUT2D eigenvalue weighted by Crippen LogP contribution is 2.25. The molecule has 0 fully saturated rings. The number of carboxylic acid groups (broad SMARTS) is 1. The Bertz CT molecular complexity index is 668. The van der Waals surface area contributed by atoms with E-state index in [1.165, 1.54) is 28.9 Å². The van der Waals surface area contributed by atoms with E-state index in [0.29, 0.717) is 5.56 Å². The SMILES string of the molecule is O=C(O)c1nnn(CCCF)c1-c1ccc([N+](=O)[O-])cc1. The van der Waals surface area contributed by atoms with Crippen molar-refractivity contribution >= 4 is 11.7 Å². The van der Waals surface area contributed by atoms with Gasteiger partial charge in [0, 0.05) is 24.2 Å². The number of aryl methyl sites for hydroxylation is 1. The fourth-order valence-electron chi connectivity index (χ4n) is 1.85. The van der Waals surface area contributed by atoms with Gasteiger partial charge < -0.3 is 5.11 Å². The van der Waals surface area contributed by atoms with E-state index < -0.39 is 17.6 Å². The van der Waals surface area contributed by atoms with Crippen molar-refractivity contribution < 1.29 is 19.2 Å². The molecule has 21 heavy (non-hydrogen) atoms. The molecule has 0 bridgehead atoms. The minimum atomic E-state index is -1.27. The van der Waals surface area contributed by atoms with Crippen LogP contribution in [0, 0.1) is 10.1 Å². The van der Waals surface area contributed by atoms with Gasteiger partial charge in [0.15, 0.2) is 5.69 Å². The number of nitro benzene ring substituents is 1. The van der Waals surface area contributed by atoms with Crippen molar-refractivity contribution in [3.63, 3.8) is 0 Å². The van der Waals surface area contributed by atoms with E-state index in [1.54, 1.807) is 0 Å². The van der Waals surface area contributed by atoms with Gasteiger partial charge in [-0.2, -0.15) is 0 Å². The second kappa shape index (κ2) is 6.07. The van der Waals surface area contributed by atoms with E-state index in [9.17, 15) is 19.3 Å². The normalized spacial score (nSPS) is 10.5. The first-order chi connectivity index (χ1) is 10.0. The number of benzene rings is 1. The maximum absolute atomic E-state index is 12.3. The van der Waals surface area contributed by atoms with Crippen molar-refractivity contribution in [2.75, 3.05) is 6.67 Å². The van der Waals surface area contributed by atoms with Crippen molar-refractivity contribution in [1.82, 2.24) is 15.0 Å². The third-order valence-corrected chi connectivity index (χ3v) is 2.79. The molecule has 1 N–H and O–H groups in total. The summed E-state index contributed by atoms with van der Waals surface area (Å²) in [6.07, 6.45) is 0.169. The molecule has 1 aromatic heterocycles. The van der Waals surface area contributed by atoms with Crippen molar-refractivity contribution in [3.8, 4) is 11.3 Å². The van der Waals surface area contributed by atoms with Gasteiger partial charge in [-0.3, -0.25) is 14.5 Å². The molecule has 0 amide bonds. The number of aromatic carboxylic acids is 1. The predicted octanol–water partition coefficient (Wildman–Crippen LogP) is 1.91. The number of nitrogens with zero attached hydrogens (tertiary/aromatic N) is 4. The monoisotopic (exact) mass is 294 g/mol. The van der Waals surface area contributed by atoms with Gasteiger partial charge in [0.2, 0.25) is 0 Å². The topological polar surface area (TPSA) is 111 Å². The molecule has 9 heteroatoms. The lowest BCUT2D eigenvalue weighted by Gasteiger charge is -2.06. The Morgan fingerprint density at radius 2 is 2.05 bits per heavy atom. The summed E-state index contributed by atoms with van der Waals surface area (Å²) < 4.78 is 13.5. The average Bonchev–Trinajstić information content (AvgIpc) is 2.89. The molecule has 110 valence electrons. The van der Waals surface area contributed by atoms with Crippen molar-refractivity contribution in [1.29, 1.82) is 0 Å². The van der Waals surface area contributed by atoms with Gasteiger partial charge >= 0.3 is 5.97 Å². The minimum absolute atomic E-state index is 0.113. The lowest BCUT2D eigenvalue weighted by molar-refractivity contribution is -0.384. The van der Waals surface area contributed by atoms with Crippen molar-refractivity contribution in [3.05, 3.63) is 40.1 Å². The summed E-state index contributed by atoms with van der Waals surface area (Å²) in [5.74, 6) is -1.27. The number of alkyl halides is 1. The molecule has 0 saturated heterocycles. The standard InChI is InChI=1S/C12H11FN4O4/c13-6-1-7-16-11(10(12(18)19)14-15-16)8-2-4-9(5-3-8)17(20)21/h2-5H,1,6-7H2,(H,18,19). The number of halogens is 1. The van der Waals surface area contributed by atoms with Gasteiger partial charge in [-0.1, -0.05) is 5.21 Å². The summed E-state index contributed by atoms with van der Waals surface area (Å²) >= 11 is 0. The molecular formula is C12H11FN4O4. The molecule has 2 aromatic rings. The third-order valence-electron chi connectivity index (χ3n) is 2.79. The zero-order chi connectivity index (χ0) is 15.4. The second-order valence-electron chi connectivity index (χ2n) is 4.16. The number of hydrogen-bond acceptors (Lipinski definition) is 5. The van der Waals surface area contributed by atoms with E-state index in [4.69, 9.17) is 5.11 Å². The number of nitro groups is 1. The molecule has 0 aliphatic heterocycles. The summed E-state index contributed by atoms with van der Waals surface area (Å²) in [5, 5.41) is 27.0. The number of carbonyl (C=O) groups is 1. The molecular weight excluding hydrogens is 283 g/mol. The quantitative estimate of drug-likeness (QED) is 0.643. The summed E-state index contributed by atoms with van der Waals surface area (Å²) in [4.78, 5) is 21.2. The van der Waals surface area contributed by atoms with Crippen LogP contribution in [0.15, 0.2) is 24.3 Å². The largest absolute Gasteiger partial charge is 0.476 e. The second-order valence-corrected chi connectivity index (χ2v) is 4.16. The van der Waals surface area contributed by atoms with Crippen molar-refractivity contribution in [2.45, 2.75) is 13.0 Å². The Hall–Kier alpha value is -2.84. The highest BCUT2D eigenvalue weighted by molar-refractivity contribution is 5.92. The lowest BCUT2D eigenvalue weighted by atomic mass is 10.1. The first-order valence-electron chi connectivity index (χ1n) is 6.02. The van der Waals surface area contributed by atoms with E-state index in [0.717, 1.165) is 0 Å². The van der Waals surface area contributed by atoms with Gasteiger partial charge in [-0.25, -0.2) is 9.48 Å². The Balaban J connectivity index is 2.46. The smallest absolute Gasteiger partial charge is 0.358 e. The number of carboxylic acids is 1. The highest BCUT2D eigenvalue weighted by atomic mass is 19.1. The minimum Gasteiger partial charge on any atom is -0.476 e. The first-order valence-corrected chi connectivity index (χ1v) is 6.02. The summed E-state index contributed by atoms with van der Waals surface area (Å²) in [6.45, 7) is -0.398. The lowest BCUT2D eigenvalue weighted by Crippen LogP contribution is -2.05. The van der Waals surface area contributed by atoms with Crippen LogP contribution in [-0.4, -0.2) is 37.7 Å². The number of rotatable bonds is 6. The molecule has 2 rings (SSSR count). The van der Waals surface area contributed by atoms with Crippen LogP contribution in [0.2, 0.25) is 0 Å². The van der Waals surface area contributed by atoms with E-state index in [2.05, 4.69) is 10.3 Å². The molecule has 0 atom stereocenters. The fraction of sp³-hybridized carbons (Fsp3) is 0.250. The fourth-order valence-corrected chi connectivity index (χ4v) is 1.85. The van der Waals surface area contributed by atoms with Gasteiger partial charge in [0.1, 0.15) is 5.69 Å². The van der Waals surface area contributed by atoms with Crippen LogP contribution in [0.3, 0.4) is 0 Å². The van der Waals surface area contributed by atoms with Crippen LogP contribution in [0.5, 0.6) is 0 Å². The van der Waals surface area contributed by atoms with Crippen LogP contribution in [0.4, 0.5) is 10.1 Å². The molecule has 0 radical (unpaired) electrons. The molecule has 0 aliphatic carbocycles. The highest BCUT2D eigenvalue weighted by Gasteiger charge is 2.21. The van der Waals surface area contributed by atoms with Crippen LogP contribution in [-0.2, 0) is 6.54 Å². The molecule has 0 aliphatic rings. The number of hydrogen-bond donors (Lipinski definition) is 1. The molecule has 0 saturated carbocycles. The zero-order valence-electron chi connectivity index (χ0n) is 10.8. The molecule has 0 spiro atoms. The van der Waals surface area contributed by atoms with Crippen molar-refractivity contribution in [2.24, 2.45) is 0 Å². The average molecular weight is 294 g/mol. The Labute approximate surface area is 118 Å². The van der Waals surface area contributed by atoms with Crippen LogP contribution < -0.4 is 0 Å². The molecule has 1 heterocycles. The number of aromatic nitrogens is 3. The zero-order valence-corrected chi connectivity index (χ0v) is 10.8. The van der Waals surface area contributed by atoms with Crippen LogP contribution >= 0.6 is 0 Å². The molecule has 1 aromatic carbocycles. The molecule has 0 unspecified atom stereocenters. The summed E-state index contributed by atoms with van der Waals surface area (Å²) in [7, 11) is 0. The predicted molar refractivity (Wildman–Crippen MR) is 69.7 cm³/mol. The van der Waals surface area contributed by atoms with Gasteiger partial charge in [-0.15, -0.1) is 5.10 Å². The van der Waals surface area contributed by atoms with Gasteiger partial charge in [-0.05, 0) is 18.6 Å². The van der Waals surface area contributed by atoms with E-state index in [-0.39, 0.29) is 30.0 Å².